The zero-order valence-corrected chi connectivity index (χ0v) is 16.7. The molecule has 27 heavy (non-hydrogen) atoms. The average molecular weight is 373 g/mol. The van der Waals surface area contributed by atoms with E-state index in [2.05, 4.69) is 28.3 Å². The maximum Gasteiger partial charge on any atom is 0.402 e. The molecular weight excluding hydrogens is 344 g/mol. The molecule has 0 aromatic carbocycles. The van der Waals surface area contributed by atoms with Crippen molar-refractivity contribution < 1.29 is 14.2 Å². The van der Waals surface area contributed by atoms with Gasteiger partial charge < -0.3 is 4.90 Å². The lowest BCUT2D eigenvalue weighted by Crippen LogP contribution is -2.59. The Balaban J connectivity index is 1.63. The quantitative estimate of drug-likeness (QED) is 0.749. The largest absolute Gasteiger partial charge is 0.402 e. The van der Waals surface area contributed by atoms with E-state index in [1.165, 1.54) is 24.2 Å². The number of carbonyl (C=O) groups excluding carboxylic acids is 2. The van der Waals surface area contributed by atoms with E-state index in [-0.39, 0.29) is 11.9 Å². The molecule has 4 heterocycles. The summed E-state index contributed by atoms with van der Waals surface area (Å²) in [5, 5.41) is 0. The van der Waals surface area contributed by atoms with Crippen LogP contribution in [0.25, 0.3) is 0 Å². The van der Waals surface area contributed by atoms with Gasteiger partial charge in [0.2, 0.25) is 11.9 Å². The predicted octanol–water partition coefficient (Wildman–Crippen LogP) is 1.38. The summed E-state index contributed by atoms with van der Waals surface area (Å²) in [7, 11) is 1.72. The fourth-order valence-corrected chi connectivity index (χ4v) is 4.51. The van der Waals surface area contributed by atoms with Gasteiger partial charge in [0.1, 0.15) is 11.4 Å². The number of aromatic nitrogens is 2. The second-order valence-electron chi connectivity index (χ2n) is 7.69. The first-order chi connectivity index (χ1) is 13.0. The second-order valence-corrected chi connectivity index (χ2v) is 7.69. The molecule has 1 aromatic rings. The molecule has 2 fully saturated rings. The highest BCUT2D eigenvalue weighted by Gasteiger charge is 2.53. The molecule has 8 nitrogen and oxygen atoms in total. The number of imide groups is 1. The number of hydrogen-bond acceptors (Lipinski definition) is 4. The van der Waals surface area contributed by atoms with Crippen LogP contribution in [-0.2, 0) is 11.3 Å². The molecule has 3 aliphatic heterocycles. The number of carbonyl (C=O) groups is 2. The number of hydrogen-bond donors (Lipinski definition) is 0. The molecule has 1 aromatic heterocycles. The first-order valence-electron chi connectivity index (χ1n) is 9.97. The monoisotopic (exact) mass is 373 g/mol. The summed E-state index contributed by atoms with van der Waals surface area (Å²) in [5.74, 6) is 1.15. The maximum atomic E-state index is 13.3. The van der Waals surface area contributed by atoms with Crippen LogP contribution in [0.4, 0.5) is 10.7 Å². The summed E-state index contributed by atoms with van der Waals surface area (Å²) in [6.45, 7) is 10.2. The number of aliphatic imine (C=N–C) groups is 1. The highest BCUT2D eigenvalue weighted by Crippen LogP contribution is 2.35. The van der Waals surface area contributed by atoms with Gasteiger partial charge in [-0.15, -0.1) is 0 Å². The number of likely N-dealkylation sites (tertiary alicyclic amines) is 1. The Morgan fingerprint density at radius 3 is 2.48 bits per heavy atom. The normalized spacial score (nSPS) is 23.0. The van der Waals surface area contributed by atoms with Gasteiger partial charge in [-0.1, -0.05) is 11.4 Å². The number of rotatable bonds is 4. The zero-order chi connectivity index (χ0) is 19.3. The lowest BCUT2D eigenvalue weighted by molar-refractivity contribution is -0.685. The molecule has 8 heteroatoms. The molecule has 0 spiro atoms. The van der Waals surface area contributed by atoms with Gasteiger partial charge in [-0.05, 0) is 46.7 Å². The summed E-state index contributed by atoms with van der Waals surface area (Å²) in [6.07, 6.45) is 3.67. The van der Waals surface area contributed by atoms with Crippen molar-refractivity contribution in [2.75, 3.05) is 33.2 Å². The smallest absolute Gasteiger partial charge is 0.302 e. The van der Waals surface area contributed by atoms with Crippen molar-refractivity contribution in [2.24, 2.45) is 4.99 Å². The van der Waals surface area contributed by atoms with Crippen LogP contribution in [0, 0.1) is 13.8 Å². The molecule has 4 rings (SSSR count). The van der Waals surface area contributed by atoms with Gasteiger partial charge in [0.05, 0.1) is 6.54 Å². The average Bonchev–Trinajstić information content (AvgIpc) is 3.17. The lowest BCUT2D eigenvalue weighted by Gasteiger charge is -2.35. The highest BCUT2D eigenvalue weighted by atomic mass is 16.2. The third kappa shape index (κ3) is 2.69. The topological polar surface area (TPSA) is 65.0 Å². The maximum absolute atomic E-state index is 13.3. The molecule has 146 valence electrons. The minimum Gasteiger partial charge on any atom is -0.302 e. The Bertz CT molecular complexity index is 821. The lowest BCUT2D eigenvalue weighted by atomic mass is 10.1. The number of urea groups is 1. The van der Waals surface area contributed by atoms with Gasteiger partial charge in [0.15, 0.2) is 0 Å². The van der Waals surface area contributed by atoms with Crippen LogP contribution in [-0.4, -0.2) is 70.3 Å². The van der Waals surface area contributed by atoms with Gasteiger partial charge in [0, 0.05) is 20.1 Å². The van der Waals surface area contributed by atoms with E-state index < -0.39 is 6.04 Å². The zero-order valence-electron chi connectivity index (χ0n) is 16.7. The van der Waals surface area contributed by atoms with Crippen LogP contribution in [0.5, 0.6) is 0 Å². The van der Waals surface area contributed by atoms with Crippen molar-refractivity contribution >= 4 is 23.7 Å². The summed E-state index contributed by atoms with van der Waals surface area (Å²) in [5.41, 5.74) is 2.14. The van der Waals surface area contributed by atoms with Gasteiger partial charge in [-0.25, -0.2) is 13.9 Å². The molecule has 0 radical (unpaired) electrons. The third-order valence-electron chi connectivity index (χ3n) is 6.23. The van der Waals surface area contributed by atoms with Crippen molar-refractivity contribution in [3.05, 3.63) is 11.4 Å². The van der Waals surface area contributed by atoms with E-state index >= 15 is 0 Å². The van der Waals surface area contributed by atoms with E-state index in [0.29, 0.717) is 12.4 Å². The number of imidazole rings is 1. The van der Waals surface area contributed by atoms with Crippen LogP contribution in [0.1, 0.15) is 43.6 Å². The Labute approximate surface area is 160 Å². The third-order valence-corrected chi connectivity index (χ3v) is 6.23. The Kier molecular flexibility index (Phi) is 4.53. The van der Waals surface area contributed by atoms with Crippen LogP contribution >= 0.6 is 0 Å². The van der Waals surface area contributed by atoms with Crippen molar-refractivity contribution in [2.45, 2.75) is 52.6 Å². The standard InChI is InChI=1S/C19H29N6O2/c1-5-23-13(2)14(3)25-15-16(20-18(23)25)21(4)19(27)24(17(15)26)12-11-22-9-7-6-8-10-22/h15H,5-12H2,1-4H3/q+1. The SMILES string of the molecule is CC[n+]1c(C)c(C)n2c1N=C1C2C(=O)N(CCN2CCCCC2)C(=O)N1C. The van der Waals surface area contributed by atoms with E-state index in [1.54, 1.807) is 11.9 Å². The van der Waals surface area contributed by atoms with Crippen molar-refractivity contribution in [1.82, 2.24) is 19.3 Å². The van der Waals surface area contributed by atoms with E-state index in [9.17, 15) is 9.59 Å². The highest BCUT2D eigenvalue weighted by molar-refractivity contribution is 6.20. The Morgan fingerprint density at radius 1 is 1.11 bits per heavy atom. The molecule has 1 atom stereocenters. The number of piperidine rings is 1. The van der Waals surface area contributed by atoms with Gasteiger partial charge in [-0.2, -0.15) is 0 Å². The van der Waals surface area contributed by atoms with Gasteiger partial charge in [0.25, 0.3) is 5.91 Å². The van der Waals surface area contributed by atoms with Crippen LogP contribution in [0.2, 0.25) is 0 Å². The van der Waals surface area contributed by atoms with Crippen molar-refractivity contribution in [3.8, 4) is 0 Å². The fourth-order valence-electron chi connectivity index (χ4n) is 4.51. The van der Waals surface area contributed by atoms with Gasteiger partial charge in [-0.3, -0.25) is 14.6 Å². The number of nitrogens with zero attached hydrogens (tertiary/aromatic N) is 6. The van der Waals surface area contributed by atoms with Crippen LogP contribution in [0.15, 0.2) is 4.99 Å². The summed E-state index contributed by atoms with van der Waals surface area (Å²) < 4.78 is 4.09. The first-order valence-corrected chi connectivity index (χ1v) is 9.97. The molecule has 3 amide bonds. The minimum absolute atomic E-state index is 0.158. The van der Waals surface area contributed by atoms with Crippen molar-refractivity contribution in [1.29, 1.82) is 0 Å². The summed E-state index contributed by atoms with van der Waals surface area (Å²) >= 11 is 0. The predicted molar refractivity (Wildman–Crippen MR) is 101 cm³/mol. The molecule has 0 saturated carbocycles. The van der Waals surface area contributed by atoms with E-state index in [4.69, 9.17) is 0 Å². The number of likely N-dealkylation sites (N-methyl/N-ethyl adjacent to an activating group) is 1. The molecule has 2 saturated heterocycles. The Hall–Kier alpha value is -2.22. The molecule has 3 aliphatic rings. The molecule has 0 bridgehead atoms. The number of amidine groups is 1. The van der Waals surface area contributed by atoms with Gasteiger partial charge >= 0.3 is 12.0 Å². The van der Waals surface area contributed by atoms with Crippen LogP contribution < -0.4 is 4.57 Å². The molecular formula is C19H29N6O2+. The second kappa shape index (κ2) is 6.74. The first kappa shape index (κ1) is 18.2. The minimum atomic E-state index is -0.532. The Morgan fingerprint density at radius 2 is 1.81 bits per heavy atom. The van der Waals surface area contributed by atoms with Crippen molar-refractivity contribution in [3.63, 3.8) is 0 Å². The molecule has 0 N–H and O–H groups in total. The summed E-state index contributed by atoms with van der Waals surface area (Å²) in [4.78, 5) is 36.1. The van der Waals surface area contributed by atoms with Crippen LogP contribution in [0.3, 0.4) is 0 Å². The fraction of sp³-hybridized carbons (Fsp3) is 0.684. The molecule has 1 unspecified atom stereocenters. The van der Waals surface area contributed by atoms with E-state index in [1.807, 2.05) is 11.5 Å². The van der Waals surface area contributed by atoms with E-state index in [0.717, 1.165) is 43.5 Å². The number of amides is 3. The summed E-state index contributed by atoms with van der Waals surface area (Å²) in [6, 6.07) is -0.800. The number of fused-ring (bicyclic) bond motifs is 3. The molecule has 0 aliphatic carbocycles.